The smallest absolute Gasteiger partial charge is 0.303 e. The van der Waals surface area contributed by atoms with Crippen molar-refractivity contribution in [3.63, 3.8) is 0 Å². The second kappa shape index (κ2) is 26.1. The first-order chi connectivity index (χ1) is 19.6. The molecule has 0 saturated carbocycles. The molecule has 0 aromatic heterocycles. The van der Waals surface area contributed by atoms with Gasteiger partial charge in [0.1, 0.15) is 19.3 Å². The summed E-state index contributed by atoms with van der Waals surface area (Å²) in [4.78, 5) is 23.3. The number of esters is 1. The third-order valence-corrected chi connectivity index (χ3v) is 6.91. The predicted octanol–water partition coefficient (Wildman–Crippen LogP) is 7.07. The molecule has 9 heteroatoms. The van der Waals surface area contributed by atoms with Crippen LogP contribution in [0.3, 0.4) is 0 Å². The Balaban J connectivity index is 3.77. The third-order valence-electron chi connectivity index (χ3n) is 5.94. The lowest BCUT2D eigenvalue weighted by Crippen LogP contribution is -2.37. The molecule has 0 rings (SSSR count). The maximum absolute atomic E-state index is 12.0. The van der Waals surface area contributed by atoms with Gasteiger partial charge in [0.15, 0.2) is 0 Å². The van der Waals surface area contributed by atoms with Gasteiger partial charge in [0.05, 0.1) is 34.4 Å². The zero-order valence-corrected chi connectivity index (χ0v) is 27.4. The third kappa shape index (κ3) is 31.2. The molecular formula is C32H58NO7P. The van der Waals surface area contributed by atoms with Gasteiger partial charge < -0.3 is 27.9 Å². The van der Waals surface area contributed by atoms with Crippen LogP contribution in [0.5, 0.6) is 0 Å². The normalized spacial score (nSPS) is 15.0. The highest BCUT2D eigenvalue weighted by Gasteiger charge is 2.19. The monoisotopic (exact) mass is 599 g/mol. The van der Waals surface area contributed by atoms with Gasteiger partial charge in [0.2, 0.25) is 0 Å². The van der Waals surface area contributed by atoms with Crippen LogP contribution in [-0.2, 0) is 27.9 Å². The van der Waals surface area contributed by atoms with Gasteiger partial charge in [-0.3, -0.25) is 9.36 Å². The molecule has 0 heterocycles. The van der Waals surface area contributed by atoms with Crippen molar-refractivity contribution in [2.24, 2.45) is 0 Å². The lowest BCUT2D eigenvalue weighted by atomic mass is 10.1. The van der Waals surface area contributed by atoms with Crippen LogP contribution in [0.2, 0.25) is 0 Å². The summed E-state index contributed by atoms with van der Waals surface area (Å²) in [6.07, 6.45) is 30.4. The minimum atomic E-state index is -4.47. The molecule has 0 N–H and O–H groups in total. The number of hydrogen-bond donors (Lipinski definition) is 0. The van der Waals surface area contributed by atoms with E-state index in [1.165, 1.54) is 32.6 Å². The van der Waals surface area contributed by atoms with Crippen LogP contribution in [0.25, 0.3) is 0 Å². The molecule has 8 nitrogen and oxygen atoms in total. The van der Waals surface area contributed by atoms with E-state index in [0.29, 0.717) is 17.6 Å². The quantitative estimate of drug-likeness (QED) is 0.0328. The molecular weight excluding hydrogens is 541 g/mol. The molecule has 0 bridgehead atoms. The molecule has 41 heavy (non-hydrogen) atoms. The number of unbranched alkanes of at least 4 members (excludes halogenated alkanes) is 7. The Morgan fingerprint density at radius 1 is 0.756 bits per heavy atom. The van der Waals surface area contributed by atoms with Crippen molar-refractivity contribution >= 4 is 13.8 Å². The van der Waals surface area contributed by atoms with Gasteiger partial charge >= 0.3 is 5.97 Å². The van der Waals surface area contributed by atoms with Gasteiger partial charge in [0.25, 0.3) is 7.82 Å². The number of quaternary nitrogens is 1. The average molecular weight is 600 g/mol. The zero-order valence-electron chi connectivity index (χ0n) is 26.5. The lowest BCUT2D eigenvalue weighted by Gasteiger charge is -2.28. The van der Waals surface area contributed by atoms with E-state index in [9.17, 15) is 14.3 Å². The first-order valence-corrected chi connectivity index (χ1v) is 16.8. The lowest BCUT2D eigenvalue weighted by molar-refractivity contribution is -0.870. The van der Waals surface area contributed by atoms with Crippen LogP contribution in [0.4, 0.5) is 0 Å². The van der Waals surface area contributed by atoms with E-state index in [4.69, 9.17) is 18.5 Å². The summed E-state index contributed by atoms with van der Waals surface area (Å²) in [6.45, 7) is 4.23. The van der Waals surface area contributed by atoms with Crippen molar-refractivity contribution in [3.05, 3.63) is 48.6 Å². The summed E-state index contributed by atoms with van der Waals surface area (Å²) in [5.41, 5.74) is 0. The standard InChI is InChI=1S/C32H58NO7P/c1-6-7-8-9-10-11-12-13-14-15-16-17-18-19-20-21-22-23-24-25-27-37-29-32(40-31(2)34)30-39-41(35,36)38-28-26-33(3,4)5/h7-8,10-11,13-14,16-17,32H,6,9,12,15,18-30H2,1-5H3/b8-7-,11-10-,14-13-,17-16-. The number of rotatable bonds is 27. The Bertz CT molecular complexity index is 802. The van der Waals surface area contributed by atoms with Gasteiger partial charge in [-0.1, -0.05) is 87.6 Å². The van der Waals surface area contributed by atoms with Crippen LogP contribution >= 0.6 is 7.82 Å². The van der Waals surface area contributed by atoms with Crippen LogP contribution in [0, 0.1) is 0 Å². The minimum absolute atomic E-state index is 0.0182. The largest absolute Gasteiger partial charge is 0.756 e. The molecule has 2 atom stereocenters. The van der Waals surface area contributed by atoms with Gasteiger partial charge in [0, 0.05) is 13.5 Å². The van der Waals surface area contributed by atoms with Crippen LogP contribution in [-0.4, -0.2) is 70.7 Å². The molecule has 0 fully saturated rings. The van der Waals surface area contributed by atoms with Crippen LogP contribution in [0.1, 0.15) is 90.9 Å². The Kier molecular flexibility index (Phi) is 25.1. The van der Waals surface area contributed by atoms with Gasteiger partial charge in [-0.05, 0) is 44.9 Å². The van der Waals surface area contributed by atoms with Gasteiger partial charge in [-0.2, -0.15) is 0 Å². The van der Waals surface area contributed by atoms with Crippen LogP contribution < -0.4 is 4.89 Å². The number of phosphoric acid groups is 1. The molecule has 0 aromatic rings. The number of phosphoric ester groups is 1. The summed E-state index contributed by atoms with van der Waals surface area (Å²) >= 11 is 0. The molecule has 238 valence electrons. The zero-order chi connectivity index (χ0) is 30.7. The van der Waals surface area contributed by atoms with Crippen LogP contribution in [0.15, 0.2) is 48.6 Å². The average Bonchev–Trinajstić information content (AvgIpc) is 2.89. The fourth-order valence-corrected chi connectivity index (χ4v) is 4.38. The number of carbonyl (C=O) groups excluding carboxylic acids is 1. The summed E-state index contributed by atoms with van der Waals surface area (Å²) < 4.78 is 33.1. The molecule has 0 aliphatic heterocycles. The predicted molar refractivity (Wildman–Crippen MR) is 166 cm³/mol. The number of ether oxygens (including phenoxy) is 2. The Hall–Kier alpha value is -1.54. The second-order valence-corrected chi connectivity index (χ2v) is 12.6. The van der Waals surface area contributed by atoms with E-state index >= 15 is 0 Å². The summed E-state index contributed by atoms with van der Waals surface area (Å²) in [5.74, 6) is -0.518. The minimum Gasteiger partial charge on any atom is -0.756 e. The molecule has 0 spiro atoms. The number of carbonyl (C=O) groups is 1. The first-order valence-electron chi connectivity index (χ1n) is 15.3. The van der Waals surface area contributed by atoms with E-state index in [1.54, 1.807) is 0 Å². The number of allylic oxidation sites excluding steroid dienone is 8. The molecule has 0 aliphatic carbocycles. The van der Waals surface area contributed by atoms with E-state index in [2.05, 4.69) is 55.5 Å². The molecule has 0 radical (unpaired) electrons. The van der Waals surface area contributed by atoms with E-state index < -0.39 is 19.9 Å². The maximum atomic E-state index is 12.0. The maximum Gasteiger partial charge on any atom is 0.303 e. The number of likely N-dealkylation sites (N-methyl/N-ethyl adjacent to an activating group) is 1. The van der Waals surface area contributed by atoms with Gasteiger partial charge in [-0.15, -0.1) is 0 Å². The van der Waals surface area contributed by atoms with Crippen molar-refractivity contribution in [1.29, 1.82) is 0 Å². The molecule has 0 saturated heterocycles. The van der Waals surface area contributed by atoms with Gasteiger partial charge in [-0.25, -0.2) is 0 Å². The Morgan fingerprint density at radius 2 is 1.29 bits per heavy atom. The van der Waals surface area contributed by atoms with Crippen molar-refractivity contribution < 1.29 is 37.3 Å². The van der Waals surface area contributed by atoms with E-state index in [1.807, 2.05) is 21.1 Å². The Labute approximate surface area is 250 Å². The molecule has 0 aromatic carbocycles. The SMILES string of the molecule is CC/C=C\C/C=C\C/C=C\C/C=C\CCCCCCCCCOCC(COP(=O)([O-])OCC[N+](C)(C)C)OC(C)=O. The first kappa shape index (κ1) is 39.5. The van der Waals surface area contributed by atoms with E-state index in [-0.39, 0.29) is 19.8 Å². The fraction of sp³-hybridized carbons (Fsp3) is 0.719. The summed E-state index contributed by atoms with van der Waals surface area (Å²) in [5, 5.41) is 0. The molecule has 0 amide bonds. The van der Waals surface area contributed by atoms with Crippen molar-refractivity contribution in [3.8, 4) is 0 Å². The summed E-state index contributed by atoms with van der Waals surface area (Å²) in [6, 6.07) is 0. The van der Waals surface area contributed by atoms with E-state index in [0.717, 1.165) is 51.4 Å². The summed E-state index contributed by atoms with van der Waals surface area (Å²) in [7, 11) is 1.33. The molecule has 2 unspecified atom stereocenters. The van der Waals surface area contributed by atoms with Crippen molar-refractivity contribution in [1.82, 2.24) is 0 Å². The highest BCUT2D eigenvalue weighted by molar-refractivity contribution is 7.45. The van der Waals surface area contributed by atoms with Crippen molar-refractivity contribution in [2.75, 3.05) is 54.1 Å². The molecule has 0 aliphatic rings. The highest BCUT2D eigenvalue weighted by Crippen LogP contribution is 2.38. The Morgan fingerprint density at radius 3 is 1.85 bits per heavy atom. The highest BCUT2D eigenvalue weighted by atomic mass is 31.2. The topological polar surface area (TPSA) is 94.1 Å². The fourth-order valence-electron chi connectivity index (χ4n) is 3.65. The number of nitrogens with zero attached hydrogens (tertiary/aromatic N) is 1. The number of hydrogen-bond acceptors (Lipinski definition) is 7. The van der Waals surface area contributed by atoms with Crippen molar-refractivity contribution in [2.45, 2.75) is 97.0 Å². The second-order valence-electron chi connectivity index (χ2n) is 11.2.